The molecule has 0 saturated carbocycles. The minimum absolute atomic E-state index is 0.00338. The largest absolute Gasteiger partial charge is 0.336 e. The third kappa shape index (κ3) is 4.37. The van der Waals surface area contributed by atoms with Crippen LogP contribution in [0.25, 0.3) is 0 Å². The van der Waals surface area contributed by atoms with Crippen LogP contribution in [0.2, 0.25) is 0 Å². The van der Waals surface area contributed by atoms with Crippen LogP contribution < -0.4 is 4.90 Å². The molecule has 0 radical (unpaired) electrons. The fourth-order valence-electron chi connectivity index (χ4n) is 3.37. The van der Waals surface area contributed by atoms with E-state index in [0.29, 0.717) is 17.7 Å². The fraction of sp³-hybridized carbons (Fsp3) is 0.364. The third-order valence-electron chi connectivity index (χ3n) is 5.02. The van der Waals surface area contributed by atoms with Crippen molar-refractivity contribution in [3.05, 3.63) is 65.2 Å². The highest BCUT2D eigenvalue weighted by Gasteiger charge is 2.22. The number of amides is 2. The predicted molar refractivity (Wildman–Crippen MR) is 108 cm³/mol. The minimum atomic E-state index is -0.0869. The van der Waals surface area contributed by atoms with Crippen LogP contribution >= 0.6 is 0 Å². The Morgan fingerprint density at radius 2 is 1.63 bits per heavy atom. The molecule has 1 heterocycles. The van der Waals surface area contributed by atoms with Gasteiger partial charge >= 0.3 is 0 Å². The Hall–Kier alpha value is -2.66. The first-order chi connectivity index (χ1) is 13.0. The topological polar surface area (TPSA) is 43.9 Å². The molecule has 1 aliphatic rings. The number of rotatable bonds is 4. The summed E-state index contributed by atoms with van der Waals surface area (Å²) in [7, 11) is 2.06. The molecule has 1 saturated heterocycles. The Morgan fingerprint density at radius 1 is 0.963 bits per heavy atom. The van der Waals surface area contributed by atoms with Gasteiger partial charge in [-0.3, -0.25) is 9.59 Å². The van der Waals surface area contributed by atoms with Crippen molar-refractivity contribution in [1.82, 2.24) is 9.80 Å². The lowest BCUT2D eigenvalue weighted by molar-refractivity contribution is 0.0664. The summed E-state index contributed by atoms with van der Waals surface area (Å²) in [5.74, 6) is -0.0903. The Kier molecular flexibility index (Phi) is 5.91. The van der Waals surface area contributed by atoms with E-state index in [9.17, 15) is 9.59 Å². The number of benzene rings is 2. The van der Waals surface area contributed by atoms with E-state index in [4.69, 9.17) is 0 Å². The average Bonchev–Trinajstić information content (AvgIpc) is 2.69. The second-order valence-corrected chi connectivity index (χ2v) is 7.06. The number of likely N-dealkylation sites (N-methyl/N-ethyl adjacent to an activating group) is 1. The summed E-state index contributed by atoms with van der Waals surface area (Å²) in [5, 5.41) is 0. The average molecular weight is 365 g/mol. The molecule has 1 aliphatic heterocycles. The quantitative estimate of drug-likeness (QED) is 0.836. The second kappa shape index (κ2) is 8.35. The van der Waals surface area contributed by atoms with E-state index in [1.54, 1.807) is 29.2 Å². The number of hydrogen-bond donors (Lipinski definition) is 0. The molecule has 2 aromatic rings. The number of nitrogens with zero attached hydrogens (tertiary/aromatic N) is 3. The molecule has 0 spiro atoms. The first-order valence-corrected chi connectivity index (χ1v) is 9.46. The van der Waals surface area contributed by atoms with Crippen molar-refractivity contribution in [1.29, 1.82) is 0 Å². The molecule has 0 bridgehead atoms. The molecular weight excluding hydrogens is 338 g/mol. The van der Waals surface area contributed by atoms with Gasteiger partial charge in [0.05, 0.1) is 0 Å². The first kappa shape index (κ1) is 19.1. The number of carbonyl (C=O) groups is 2. The van der Waals surface area contributed by atoms with E-state index in [1.165, 1.54) is 0 Å². The zero-order valence-electron chi connectivity index (χ0n) is 16.3. The normalized spacial score (nSPS) is 14.9. The summed E-state index contributed by atoms with van der Waals surface area (Å²) in [6.07, 6.45) is 0. The Labute approximate surface area is 161 Å². The molecular formula is C22H27N3O2. The second-order valence-electron chi connectivity index (χ2n) is 7.06. The SMILES string of the molecule is CCN(C(=O)c1cccc(C(=O)N2CCN(C)CC2)c1)c1cccc(C)c1. The molecule has 2 amide bonds. The number of carbonyl (C=O) groups excluding carboxylic acids is 2. The van der Waals surface area contributed by atoms with E-state index in [2.05, 4.69) is 11.9 Å². The van der Waals surface area contributed by atoms with Crippen LogP contribution in [0.1, 0.15) is 33.2 Å². The van der Waals surface area contributed by atoms with Crippen molar-refractivity contribution < 1.29 is 9.59 Å². The van der Waals surface area contributed by atoms with Crippen molar-refractivity contribution in [3.8, 4) is 0 Å². The van der Waals surface area contributed by atoms with Crippen LogP contribution in [0.4, 0.5) is 5.69 Å². The van der Waals surface area contributed by atoms with Crippen molar-refractivity contribution in [3.63, 3.8) is 0 Å². The van der Waals surface area contributed by atoms with Crippen molar-refractivity contribution in [2.24, 2.45) is 0 Å². The molecule has 0 unspecified atom stereocenters. The maximum atomic E-state index is 13.1. The van der Waals surface area contributed by atoms with E-state index in [0.717, 1.165) is 37.4 Å². The number of anilines is 1. The van der Waals surface area contributed by atoms with Gasteiger partial charge in [-0.15, -0.1) is 0 Å². The molecule has 0 atom stereocenters. The van der Waals surface area contributed by atoms with Crippen molar-refractivity contribution in [2.45, 2.75) is 13.8 Å². The van der Waals surface area contributed by atoms with E-state index in [-0.39, 0.29) is 11.8 Å². The Balaban J connectivity index is 1.81. The summed E-state index contributed by atoms with van der Waals surface area (Å²) < 4.78 is 0. The van der Waals surface area contributed by atoms with Crippen LogP contribution in [0.15, 0.2) is 48.5 Å². The van der Waals surface area contributed by atoms with Gasteiger partial charge in [0.2, 0.25) is 0 Å². The van der Waals surface area contributed by atoms with Crippen molar-refractivity contribution >= 4 is 17.5 Å². The maximum absolute atomic E-state index is 13.1. The van der Waals surface area contributed by atoms with Gasteiger partial charge in [-0.1, -0.05) is 18.2 Å². The van der Waals surface area contributed by atoms with Crippen LogP contribution in [-0.4, -0.2) is 61.4 Å². The third-order valence-corrected chi connectivity index (χ3v) is 5.02. The van der Waals surface area contributed by atoms with Gasteiger partial charge in [0.1, 0.15) is 0 Å². The lowest BCUT2D eigenvalue weighted by Gasteiger charge is -2.32. The highest BCUT2D eigenvalue weighted by atomic mass is 16.2. The zero-order valence-corrected chi connectivity index (χ0v) is 16.3. The fourth-order valence-corrected chi connectivity index (χ4v) is 3.37. The molecule has 3 rings (SSSR count). The minimum Gasteiger partial charge on any atom is -0.336 e. The van der Waals surface area contributed by atoms with Gasteiger partial charge in [-0.05, 0) is 56.8 Å². The molecule has 27 heavy (non-hydrogen) atoms. The molecule has 0 N–H and O–H groups in total. The van der Waals surface area contributed by atoms with Crippen LogP contribution in [0.5, 0.6) is 0 Å². The van der Waals surface area contributed by atoms with Gasteiger partial charge in [0.25, 0.3) is 11.8 Å². The number of hydrogen-bond acceptors (Lipinski definition) is 3. The summed E-state index contributed by atoms with van der Waals surface area (Å²) >= 11 is 0. The molecule has 0 aliphatic carbocycles. The van der Waals surface area contributed by atoms with Gasteiger partial charge in [-0.2, -0.15) is 0 Å². The predicted octanol–water partition coefficient (Wildman–Crippen LogP) is 3.05. The van der Waals surface area contributed by atoms with Crippen LogP contribution in [0, 0.1) is 6.92 Å². The summed E-state index contributed by atoms with van der Waals surface area (Å²) in [6.45, 7) is 7.73. The Morgan fingerprint density at radius 3 is 2.30 bits per heavy atom. The lowest BCUT2D eigenvalue weighted by Crippen LogP contribution is -2.47. The van der Waals surface area contributed by atoms with E-state index >= 15 is 0 Å². The zero-order chi connectivity index (χ0) is 19.4. The van der Waals surface area contributed by atoms with Crippen molar-refractivity contribution in [2.75, 3.05) is 44.7 Å². The molecule has 142 valence electrons. The van der Waals surface area contributed by atoms with Gasteiger partial charge in [0.15, 0.2) is 0 Å². The smallest absolute Gasteiger partial charge is 0.258 e. The number of piperazine rings is 1. The summed E-state index contributed by atoms with van der Waals surface area (Å²) in [4.78, 5) is 31.7. The molecule has 1 fully saturated rings. The van der Waals surface area contributed by atoms with E-state index < -0.39 is 0 Å². The first-order valence-electron chi connectivity index (χ1n) is 9.46. The summed E-state index contributed by atoms with van der Waals surface area (Å²) in [6, 6.07) is 15.0. The highest BCUT2D eigenvalue weighted by Crippen LogP contribution is 2.19. The summed E-state index contributed by atoms with van der Waals surface area (Å²) in [5.41, 5.74) is 3.10. The maximum Gasteiger partial charge on any atom is 0.258 e. The molecule has 2 aromatic carbocycles. The standard InChI is InChI=1S/C22H27N3O2/c1-4-25(20-10-5-7-17(2)15-20)22(27)19-9-6-8-18(16-19)21(26)24-13-11-23(3)12-14-24/h5-10,15-16H,4,11-14H2,1-3H3. The van der Waals surface area contributed by atoms with Gasteiger partial charge in [-0.25, -0.2) is 0 Å². The van der Waals surface area contributed by atoms with E-state index in [1.807, 2.05) is 43.0 Å². The Bertz CT molecular complexity index is 826. The monoisotopic (exact) mass is 365 g/mol. The van der Waals surface area contributed by atoms with Crippen LogP contribution in [-0.2, 0) is 0 Å². The van der Waals surface area contributed by atoms with Gasteiger partial charge < -0.3 is 14.7 Å². The number of aryl methyl sites for hydroxylation is 1. The molecule has 5 nitrogen and oxygen atoms in total. The highest BCUT2D eigenvalue weighted by molar-refractivity contribution is 6.07. The molecule has 0 aromatic heterocycles. The molecule has 5 heteroatoms. The van der Waals surface area contributed by atoms with Gasteiger partial charge in [0, 0.05) is 49.5 Å². The van der Waals surface area contributed by atoms with Crippen LogP contribution in [0.3, 0.4) is 0 Å². The lowest BCUT2D eigenvalue weighted by atomic mass is 10.1.